The molecule has 0 aromatic heterocycles. The number of anilines is 1. The van der Waals surface area contributed by atoms with Crippen molar-refractivity contribution < 1.29 is 9.59 Å². The summed E-state index contributed by atoms with van der Waals surface area (Å²) in [5, 5.41) is 4.44. The third-order valence-corrected chi connectivity index (χ3v) is 6.46. The molecule has 2 aliphatic heterocycles. The zero-order valence-corrected chi connectivity index (χ0v) is 18.2. The molecular formula is C23H25Cl2N3O2. The van der Waals surface area contributed by atoms with Gasteiger partial charge in [0.05, 0.1) is 16.6 Å². The minimum absolute atomic E-state index is 0.0333. The Morgan fingerprint density at radius 2 is 1.73 bits per heavy atom. The highest BCUT2D eigenvalue weighted by Gasteiger charge is 2.36. The Kier molecular flexibility index (Phi) is 6.61. The average Bonchev–Trinajstić information content (AvgIpc) is 3.13. The van der Waals surface area contributed by atoms with Crippen LogP contribution < -0.4 is 10.2 Å². The fourth-order valence-corrected chi connectivity index (χ4v) is 4.55. The van der Waals surface area contributed by atoms with Crippen LogP contribution in [-0.2, 0) is 16.1 Å². The average molecular weight is 446 g/mol. The van der Waals surface area contributed by atoms with Crippen LogP contribution in [0.15, 0.2) is 48.5 Å². The Morgan fingerprint density at radius 1 is 1.03 bits per heavy atom. The van der Waals surface area contributed by atoms with Crippen LogP contribution in [0.2, 0.25) is 10.0 Å². The summed E-state index contributed by atoms with van der Waals surface area (Å²) >= 11 is 12.2. The van der Waals surface area contributed by atoms with Crippen LogP contribution in [0.25, 0.3) is 0 Å². The molecule has 5 nitrogen and oxygen atoms in total. The summed E-state index contributed by atoms with van der Waals surface area (Å²) in [5.41, 5.74) is 1.92. The van der Waals surface area contributed by atoms with Gasteiger partial charge >= 0.3 is 0 Å². The minimum atomic E-state index is -0.333. The number of rotatable bonds is 5. The number of carbonyl (C=O) groups is 2. The van der Waals surface area contributed by atoms with Crippen LogP contribution in [-0.4, -0.2) is 42.4 Å². The van der Waals surface area contributed by atoms with E-state index in [0.29, 0.717) is 17.3 Å². The van der Waals surface area contributed by atoms with Crippen molar-refractivity contribution in [1.29, 1.82) is 0 Å². The molecule has 7 heteroatoms. The molecule has 1 atom stereocenters. The van der Waals surface area contributed by atoms with E-state index in [2.05, 4.69) is 22.3 Å². The fourth-order valence-electron chi connectivity index (χ4n) is 4.19. The van der Waals surface area contributed by atoms with E-state index in [9.17, 15) is 9.59 Å². The summed E-state index contributed by atoms with van der Waals surface area (Å²) in [6.45, 7) is 3.14. The molecule has 0 spiro atoms. The number of amides is 2. The number of likely N-dealkylation sites (tertiary alicyclic amines) is 1. The second kappa shape index (κ2) is 9.38. The lowest BCUT2D eigenvalue weighted by Crippen LogP contribution is -2.46. The fraction of sp³-hybridized carbons (Fsp3) is 0.391. The van der Waals surface area contributed by atoms with E-state index in [1.54, 1.807) is 11.0 Å². The number of hydrogen-bond donors (Lipinski definition) is 1. The van der Waals surface area contributed by atoms with Crippen LogP contribution >= 0.6 is 23.2 Å². The summed E-state index contributed by atoms with van der Waals surface area (Å²) in [7, 11) is 0. The highest BCUT2D eigenvalue weighted by atomic mass is 35.5. The Labute approximate surface area is 186 Å². The quantitative estimate of drug-likeness (QED) is 0.752. The van der Waals surface area contributed by atoms with Crippen molar-refractivity contribution in [2.75, 3.05) is 24.5 Å². The lowest BCUT2D eigenvalue weighted by molar-refractivity contribution is -0.127. The van der Waals surface area contributed by atoms with Crippen molar-refractivity contribution >= 4 is 40.7 Å². The number of benzene rings is 2. The predicted octanol–water partition coefficient (Wildman–Crippen LogP) is 4.13. The summed E-state index contributed by atoms with van der Waals surface area (Å²) < 4.78 is 0. The van der Waals surface area contributed by atoms with Gasteiger partial charge in [0.2, 0.25) is 11.8 Å². The van der Waals surface area contributed by atoms with Crippen molar-refractivity contribution in [3.05, 3.63) is 64.1 Å². The number of nitrogens with one attached hydrogen (secondary N) is 1. The zero-order valence-electron chi connectivity index (χ0n) is 16.7. The highest BCUT2D eigenvalue weighted by molar-refractivity contribution is 6.34. The van der Waals surface area contributed by atoms with Crippen molar-refractivity contribution in [1.82, 2.24) is 10.2 Å². The van der Waals surface area contributed by atoms with Crippen LogP contribution in [0, 0.1) is 5.92 Å². The van der Waals surface area contributed by atoms with Gasteiger partial charge in [0, 0.05) is 43.7 Å². The molecule has 30 heavy (non-hydrogen) atoms. The number of nitrogens with zero attached hydrogens (tertiary/aromatic N) is 2. The van der Waals surface area contributed by atoms with Crippen molar-refractivity contribution in [2.45, 2.75) is 31.8 Å². The molecule has 0 saturated carbocycles. The van der Waals surface area contributed by atoms with Crippen molar-refractivity contribution in [2.24, 2.45) is 5.92 Å². The maximum atomic E-state index is 12.8. The smallest absolute Gasteiger partial charge is 0.227 e. The van der Waals surface area contributed by atoms with Gasteiger partial charge in [-0.05, 0) is 42.7 Å². The van der Waals surface area contributed by atoms with Gasteiger partial charge in [-0.15, -0.1) is 0 Å². The van der Waals surface area contributed by atoms with E-state index in [1.165, 1.54) is 5.56 Å². The standard InChI is InChI=1S/C23H25Cl2N3O2/c24-18-7-5-16(6-8-18)14-27-11-9-19(10-12-27)26-23(30)17-13-22(29)28(15-17)21-4-2-1-3-20(21)25/h1-8,17,19H,9-15H2,(H,26,30). The van der Waals surface area contributed by atoms with Crippen molar-refractivity contribution in [3.63, 3.8) is 0 Å². The largest absolute Gasteiger partial charge is 0.353 e. The number of hydrogen-bond acceptors (Lipinski definition) is 3. The first-order valence-electron chi connectivity index (χ1n) is 10.3. The number of piperidine rings is 1. The summed E-state index contributed by atoms with van der Waals surface area (Å²) in [4.78, 5) is 29.2. The molecule has 2 amide bonds. The molecule has 4 rings (SSSR count). The van der Waals surface area contributed by atoms with Gasteiger partial charge in [0.1, 0.15) is 0 Å². The Hall–Kier alpha value is -2.08. The summed E-state index contributed by atoms with van der Waals surface area (Å²) in [6.07, 6.45) is 2.05. The predicted molar refractivity (Wildman–Crippen MR) is 120 cm³/mol. The van der Waals surface area contributed by atoms with E-state index in [1.807, 2.05) is 30.3 Å². The normalized spacial score (nSPS) is 20.5. The first-order chi connectivity index (χ1) is 14.5. The Balaban J connectivity index is 1.26. The molecular weight excluding hydrogens is 421 g/mol. The van der Waals surface area contributed by atoms with E-state index in [4.69, 9.17) is 23.2 Å². The molecule has 0 aliphatic carbocycles. The zero-order chi connectivity index (χ0) is 21.1. The molecule has 2 aromatic rings. The lowest BCUT2D eigenvalue weighted by Gasteiger charge is -2.32. The molecule has 2 fully saturated rings. The topological polar surface area (TPSA) is 52.7 Å². The monoisotopic (exact) mass is 445 g/mol. The molecule has 2 aromatic carbocycles. The molecule has 0 radical (unpaired) electrons. The Bertz CT molecular complexity index is 911. The first-order valence-corrected chi connectivity index (χ1v) is 11.1. The van der Waals surface area contributed by atoms with Gasteiger partial charge in [-0.25, -0.2) is 0 Å². The third kappa shape index (κ3) is 4.97. The maximum Gasteiger partial charge on any atom is 0.227 e. The SMILES string of the molecule is O=C(NC1CCN(Cc2ccc(Cl)cc2)CC1)C1CC(=O)N(c2ccccc2Cl)C1. The molecule has 0 bridgehead atoms. The van der Waals surface area contributed by atoms with Crippen LogP contribution in [0.5, 0.6) is 0 Å². The number of carbonyl (C=O) groups excluding carboxylic acids is 2. The van der Waals surface area contributed by atoms with Gasteiger partial charge in [-0.2, -0.15) is 0 Å². The molecule has 2 heterocycles. The highest BCUT2D eigenvalue weighted by Crippen LogP contribution is 2.31. The third-order valence-electron chi connectivity index (χ3n) is 5.89. The molecule has 2 aliphatic rings. The summed E-state index contributed by atoms with van der Waals surface area (Å²) in [6, 6.07) is 15.3. The molecule has 1 unspecified atom stereocenters. The summed E-state index contributed by atoms with van der Waals surface area (Å²) in [5.74, 6) is -0.420. The maximum absolute atomic E-state index is 12.8. The minimum Gasteiger partial charge on any atom is -0.353 e. The molecule has 2 saturated heterocycles. The van der Waals surface area contributed by atoms with Gasteiger partial charge in [0.25, 0.3) is 0 Å². The first kappa shape index (κ1) is 21.2. The van der Waals surface area contributed by atoms with E-state index >= 15 is 0 Å². The molecule has 1 N–H and O–H groups in total. The lowest BCUT2D eigenvalue weighted by atomic mass is 10.0. The van der Waals surface area contributed by atoms with Crippen molar-refractivity contribution in [3.8, 4) is 0 Å². The van der Waals surface area contributed by atoms with Crippen LogP contribution in [0.4, 0.5) is 5.69 Å². The van der Waals surface area contributed by atoms with Gasteiger partial charge in [-0.1, -0.05) is 47.5 Å². The number of para-hydroxylation sites is 1. The second-order valence-corrected chi connectivity index (χ2v) is 8.89. The van der Waals surface area contributed by atoms with Crippen LogP contribution in [0.1, 0.15) is 24.8 Å². The number of halogens is 2. The van der Waals surface area contributed by atoms with E-state index in [0.717, 1.165) is 37.5 Å². The van der Waals surface area contributed by atoms with Crippen LogP contribution in [0.3, 0.4) is 0 Å². The van der Waals surface area contributed by atoms with Gasteiger partial charge in [-0.3, -0.25) is 14.5 Å². The molecule has 158 valence electrons. The van der Waals surface area contributed by atoms with Gasteiger partial charge < -0.3 is 10.2 Å². The van der Waals surface area contributed by atoms with E-state index in [-0.39, 0.29) is 30.2 Å². The van der Waals surface area contributed by atoms with Gasteiger partial charge in [0.15, 0.2) is 0 Å². The van der Waals surface area contributed by atoms with E-state index < -0.39 is 0 Å². The second-order valence-electron chi connectivity index (χ2n) is 8.04. The Morgan fingerprint density at radius 3 is 2.43 bits per heavy atom.